The van der Waals surface area contributed by atoms with Crippen molar-refractivity contribution in [2.45, 2.75) is 45.6 Å². The summed E-state index contributed by atoms with van der Waals surface area (Å²) in [6.07, 6.45) is -8.58. The van der Waals surface area contributed by atoms with Gasteiger partial charge in [-0.1, -0.05) is 11.6 Å². The molecule has 1 aliphatic heterocycles. The van der Waals surface area contributed by atoms with Crippen LogP contribution in [0.3, 0.4) is 0 Å². The predicted octanol–water partition coefficient (Wildman–Crippen LogP) is 3.65. The van der Waals surface area contributed by atoms with Crippen molar-refractivity contribution in [3.05, 3.63) is 44.5 Å². The molecule has 1 aliphatic rings. The minimum atomic E-state index is -4.90. The van der Waals surface area contributed by atoms with Gasteiger partial charge in [0.1, 0.15) is 11.9 Å². The molecule has 176 valence electrons. The van der Waals surface area contributed by atoms with E-state index >= 15 is 0 Å². The average Bonchev–Trinajstić information content (AvgIpc) is 2.65. The van der Waals surface area contributed by atoms with Gasteiger partial charge in [0.15, 0.2) is 0 Å². The first-order valence-electron chi connectivity index (χ1n) is 9.22. The number of fused-ring (bicyclic) bond motifs is 1. The van der Waals surface area contributed by atoms with Gasteiger partial charge in [-0.25, -0.2) is 9.59 Å². The van der Waals surface area contributed by atoms with Crippen molar-refractivity contribution < 1.29 is 51.6 Å². The number of rotatable bonds is 8. The number of nitrogens with zero attached hydrogens (tertiary/aromatic N) is 1. The van der Waals surface area contributed by atoms with E-state index in [0.29, 0.717) is 5.56 Å². The van der Waals surface area contributed by atoms with Crippen LogP contribution >= 0.6 is 0 Å². The van der Waals surface area contributed by atoms with Gasteiger partial charge in [0.2, 0.25) is 12.9 Å². The molecule has 10 nitrogen and oxygen atoms in total. The first-order valence-corrected chi connectivity index (χ1v) is 9.22. The number of hydrogen-bond donors (Lipinski definition) is 0. The molecule has 2 atom stereocenters. The summed E-state index contributed by atoms with van der Waals surface area (Å²) in [5.41, 5.74) is 0.697. The zero-order chi connectivity index (χ0) is 24.1. The number of benzene rings is 1. The topological polar surface area (TPSA) is 123 Å². The molecule has 0 aliphatic carbocycles. The van der Waals surface area contributed by atoms with Crippen LogP contribution in [0.2, 0.25) is 0 Å². The van der Waals surface area contributed by atoms with Crippen LogP contribution in [0.4, 0.5) is 18.0 Å². The van der Waals surface area contributed by atoms with Crippen molar-refractivity contribution in [3.63, 3.8) is 0 Å². The molecule has 0 saturated heterocycles. The Balaban J connectivity index is 1.99. The van der Waals surface area contributed by atoms with Gasteiger partial charge in [-0.2, -0.15) is 13.2 Å². The Labute approximate surface area is 179 Å². The Bertz CT molecular complexity index is 914. The molecule has 0 aromatic heterocycles. The highest BCUT2D eigenvalue weighted by molar-refractivity contribution is 5.96. The summed E-state index contributed by atoms with van der Waals surface area (Å²) < 4.78 is 59.3. The Morgan fingerprint density at radius 3 is 2.56 bits per heavy atom. The summed E-state index contributed by atoms with van der Waals surface area (Å²) in [6, 6.07) is 3.20. The van der Waals surface area contributed by atoms with E-state index in [1.165, 1.54) is 6.92 Å². The molecular weight excluding hydrogens is 443 g/mol. The molecule has 0 radical (unpaired) electrons. The smallest absolute Gasteiger partial charge is 0.475 e. The van der Waals surface area contributed by atoms with Crippen LogP contribution in [-0.4, -0.2) is 49.0 Å². The minimum Gasteiger partial charge on any atom is -0.475 e. The highest BCUT2D eigenvalue weighted by Crippen LogP contribution is 2.39. The molecule has 0 amide bonds. The van der Waals surface area contributed by atoms with Gasteiger partial charge in [-0.3, -0.25) is 0 Å². The Hall–Kier alpha value is -3.51. The number of aryl methyl sites for hydroxylation is 2. The maximum atomic E-state index is 13.5. The van der Waals surface area contributed by atoms with E-state index in [2.05, 4.69) is 14.3 Å². The molecule has 0 saturated carbocycles. The average molecular weight is 463 g/mol. The molecule has 1 heterocycles. The molecule has 2 rings (SSSR count). The first-order chi connectivity index (χ1) is 14.9. The van der Waals surface area contributed by atoms with Crippen LogP contribution in [0.5, 0.6) is 5.75 Å². The molecule has 1 aromatic carbocycles. The minimum absolute atomic E-state index is 0.00403. The molecular formula is C19H20F3NO9. The highest BCUT2D eigenvalue weighted by Gasteiger charge is 2.49. The summed E-state index contributed by atoms with van der Waals surface area (Å²) >= 11 is 0. The van der Waals surface area contributed by atoms with Gasteiger partial charge in [0.25, 0.3) is 5.09 Å². The third-order valence-electron chi connectivity index (χ3n) is 4.20. The maximum Gasteiger partial charge on any atom is 0.511 e. The van der Waals surface area contributed by atoms with E-state index < -0.39 is 48.0 Å². The van der Waals surface area contributed by atoms with Crippen LogP contribution in [0.25, 0.3) is 6.08 Å². The number of carbonyl (C=O) groups excluding carboxylic acids is 2. The monoisotopic (exact) mass is 463 g/mol. The number of alkyl halides is 3. The SMILES string of the molecule is Cc1cc(C)c2c(c1)C=C(C(=O)OCOC(=O)O[C@@H](C)CCO[N+](=O)[O-])[C@@H](C(F)(F)F)O2. The van der Waals surface area contributed by atoms with Gasteiger partial charge in [-0.15, -0.1) is 10.1 Å². The van der Waals surface area contributed by atoms with Gasteiger partial charge in [-0.05, 0) is 38.5 Å². The number of hydrogen-bond acceptors (Lipinski definition) is 9. The van der Waals surface area contributed by atoms with Crippen LogP contribution in [0, 0.1) is 24.0 Å². The summed E-state index contributed by atoms with van der Waals surface area (Å²) in [5.74, 6) is -1.39. The lowest BCUT2D eigenvalue weighted by atomic mass is 9.97. The number of esters is 1. The van der Waals surface area contributed by atoms with Gasteiger partial charge < -0.3 is 23.8 Å². The highest BCUT2D eigenvalue weighted by atomic mass is 19.4. The van der Waals surface area contributed by atoms with Crippen molar-refractivity contribution in [1.29, 1.82) is 0 Å². The predicted molar refractivity (Wildman–Crippen MR) is 99.9 cm³/mol. The van der Waals surface area contributed by atoms with Crippen molar-refractivity contribution in [1.82, 2.24) is 0 Å². The molecule has 0 N–H and O–H groups in total. The normalized spacial score (nSPS) is 16.1. The second-order valence-electron chi connectivity index (χ2n) is 6.86. The van der Waals surface area contributed by atoms with Crippen LogP contribution in [0.15, 0.2) is 17.7 Å². The van der Waals surface area contributed by atoms with Crippen molar-refractivity contribution in [2.24, 2.45) is 0 Å². The standard InChI is InChI=1S/C19H20F3NO9/c1-10-6-11(2)15-13(7-10)8-14(16(32-15)19(20,21)22)17(24)28-9-29-18(25)31-12(3)4-5-30-23(26)27/h6-8,12,16H,4-5,9H2,1-3H3/t12-,16-/m0/s1. The summed E-state index contributed by atoms with van der Waals surface area (Å²) in [4.78, 5) is 37.9. The Morgan fingerprint density at radius 2 is 1.94 bits per heavy atom. The van der Waals surface area contributed by atoms with Crippen molar-refractivity contribution >= 4 is 18.2 Å². The molecule has 0 spiro atoms. The maximum absolute atomic E-state index is 13.5. The second kappa shape index (κ2) is 10.2. The van der Waals surface area contributed by atoms with Gasteiger partial charge in [0, 0.05) is 12.0 Å². The molecule has 0 fully saturated rings. The van der Waals surface area contributed by atoms with E-state index in [4.69, 9.17) is 9.47 Å². The van der Waals surface area contributed by atoms with Crippen molar-refractivity contribution in [3.8, 4) is 5.75 Å². The third-order valence-corrected chi connectivity index (χ3v) is 4.20. The number of ether oxygens (including phenoxy) is 4. The number of halogens is 3. The van der Waals surface area contributed by atoms with Crippen LogP contribution in [-0.2, 0) is 23.8 Å². The van der Waals surface area contributed by atoms with E-state index in [9.17, 15) is 32.9 Å². The summed E-state index contributed by atoms with van der Waals surface area (Å²) in [7, 11) is 0. The Morgan fingerprint density at radius 1 is 1.25 bits per heavy atom. The molecule has 13 heteroatoms. The summed E-state index contributed by atoms with van der Waals surface area (Å²) in [5, 5.41) is 9.03. The Kier molecular flexibility index (Phi) is 7.89. The van der Waals surface area contributed by atoms with Crippen molar-refractivity contribution in [2.75, 3.05) is 13.4 Å². The van der Waals surface area contributed by atoms with Crippen LogP contribution in [0.1, 0.15) is 30.0 Å². The zero-order valence-corrected chi connectivity index (χ0v) is 17.3. The fourth-order valence-corrected chi connectivity index (χ4v) is 2.85. The zero-order valence-electron chi connectivity index (χ0n) is 17.3. The lowest BCUT2D eigenvalue weighted by Crippen LogP contribution is -2.41. The molecule has 32 heavy (non-hydrogen) atoms. The van der Waals surface area contributed by atoms with E-state index in [-0.39, 0.29) is 24.3 Å². The molecule has 1 aromatic rings. The van der Waals surface area contributed by atoms with E-state index in [1.54, 1.807) is 26.0 Å². The van der Waals surface area contributed by atoms with Crippen LogP contribution < -0.4 is 4.74 Å². The number of carbonyl (C=O) groups is 2. The van der Waals surface area contributed by atoms with Gasteiger partial charge in [0.05, 0.1) is 12.2 Å². The fourth-order valence-electron chi connectivity index (χ4n) is 2.85. The van der Waals surface area contributed by atoms with E-state index in [1.807, 2.05) is 0 Å². The molecule has 0 unspecified atom stereocenters. The largest absolute Gasteiger partial charge is 0.511 e. The van der Waals surface area contributed by atoms with E-state index in [0.717, 1.165) is 11.6 Å². The lowest BCUT2D eigenvalue weighted by Gasteiger charge is -2.29. The summed E-state index contributed by atoms with van der Waals surface area (Å²) in [6.45, 7) is 3.37. The first kappa shape index (κ1) is 24.8. The fraction of sp³-hybridized carbons (Fsp3) is 0.474. The van der Waals surface area contributed by atoms with Gasteiger partial charge >= 0.3 is 18.3 Å². The second-order valence-corrected chi connectivity index (χ2v) is 6.86. The molecule has 0 bridgehead atoms. The quantitative estimate of drug-likeness (QED) is 0.246. The lowest BCUT2D eigenvalue weighted by molar-refractivity contribution is -0.758. The third kappa shape index (κ3) is 6.75.